The number of sulfonamides is 1. The number of nitrogens with one attached hydrogen (secondary N) is 3. The zero-order chi connectivity index (χ0) is 15.7. The van der Waals surface area contributed by atoms with Gasteiger partial charge in [-0.15, -0.1) is 0 Å². The van der Waals surface area contributed by atoms with Crippen molar-refractivity contribution in [3.63, 3.8) is 0 Å². The minimum Gasteiger partial charge on any atom is -0.467 e. The van der Waals surface area contributed by atoms with Crippen LogP contribution >= 0.6 is 12.2 Å². The third-order valence-corrected chi connectivity index (χ3v) is 4.80. The molecule has 0 amide bonds. The van der Waals surface area contributed by atoms with Crippen molar-refractivity contribution in [3.8, 4) is 0 Å². The topological polar surface area (TPSA) is 83.2 Å². The second-order valence-electron chi connectivity index (χ2n) is 5.06. The molecule has 0 saturated carbocycles. The van der Waals surface area contributed by atoms with E-state index in [-0.39, 0.29) is 11.1 Å². The Bertz CT molecular complexity index is 801. The normalized spacial score (nSPS) is 17.9. The molecule has 1 unspecified atom stereocenters. The summed E-state index contributed by atoms with van der Waals surface area (Å²) in [5, 5.41) is 3.44. The van der Waals surface area contributed by atoms with Gasteiger partial charge in [-0.2, -0.15) is 8.42 Å². The minimum absolute atomic E-state index is 0.0727. The van der Waals surface area contributed by atoms with E-state index < -0.39 is 10.0 Å². The lowest BCUT2D eigenvalue weighted by atomic mass is 10.1. The molecule has 0 saturated heterocycles. The Hall–Kier alpha value is -2.06. The second kappa shape index (κ2) is 5.62. The molecule has 0 spiro atoms. The van der Waals surface area contributed by atoms with Crippen molar-refractivity contribution in [1.29, 1.82) is 0 Å². The Morgan fingerprint density at radius 2 is 2.18 bits per heavy atom. The molecular weight excluding hydrogens is 322 g/mol. The highest BCUT2D eigenvalue weighted by Crippen LogP contribution is 2.26. The fraction of sp³-hybridized carbons (Fsp3) is 0.214. The summed E-state index contributed by atoms with van der Waals surface area (Å²) in [7, 11) is -3.61. The average Bonchev–Trinajstić information content (AvgIpc) is 2.91. The van der Waals surface area contributed by atoms with Gasteiger partial charge in [-0.25, -0.2) is 0 Å². The van der Waals surface area contributed by atoms with E-state index in [1.165, 1.54) is 6.07 Å². The molecule has 0 bridgehead atoms. The van der Waals surface area contributed by atoms with Crippen LogP contribution in [-0.2, 0) is 21.2 Å². The van der Waals surface area contributed by atoms with Crippen LogP contribution in [0.25, 0.3) is 0 Å². The van der Waals surface area contributed by atoms with E-state index in [0.717, 1.165) is 11.3 Å². The van der Waals surface area contributed by atoms with Gasteiger partial charge >= 0.3 is 0 Å². The van der Waals surface area contributed by atoms with Crippen molar-refractivity contribution < 1.29 is 13.2 Å². The van der Waals surface area contributed by atoms with Crippen LogP contribution in [0.2, 0.25) is 0 Å². The molecule has 1 aromatic heterocycles. The fourth-order valence-electron chi connectivity index (χ4n) is 2.31. The number of fused-ring (bicyclic) bond motifs is 1. The van der Waals surface area contributed by atoms with Crippen LogP contribution < -0.4 is 10.0 Å². The summed E-state index contributed by atoms with van der Waals surface area (Å²) < 4.78 is 32.4. The number of thiocarbonyl (C=S) groups is 1. The van der Waals surface area contributed by atoms with Crippen molar-refractivity contribution in [2.75, 3.05) is 10.0 Å². The van der Waals surface area contributed by atoms with Gasteiger partial charge in [-0.05, 0) is 55.0 Å². The van der Waals surface area contributed by atoms with Crippen LogP contribution in [0.3, 0.4) is 0 Å². The summed E-state index contributed by atoms with van der Waals surface area (Å²) in [6.45, 7) is 1.92. The quantitative estimate of drug-likeness (QED) is 0.750. The molecule has 0 aliphatic carbocycles. The van der Waals surface area contributed by atoms with Gasteiger partial charge in [-0.3, -0.25) is 4.72 Å². The molecule has 2 heterocycles. The molecule has 3 rings (SSSR count). The largest absolute Gasteiger partial charge is 0.467 e. The first-order valence-corrected chi connectivity index (χ1v) is 8.60. The van der Waals surface area contributed by atoms with Gasteiger partial charge < -0.3 is 15.0 Å². The third-order valence-electron chi connectivity index (χ3n) is 3.27. The average molecular weight is 337 g/mol. The van der Waals surface area contributed by atoms with Gasteiger partial charge in [0.2, 0.25) is 0 Å². The summed E-state index contributed by atoms with van der Waals surface area (Å²) in [5.74, 6) is 0. The highest BCUT2D eigenvalue weighted by molar-refractivity contribution is 7.92. The van der Waals surface area contributed by atoms with E-state index in [1.54, 1.807) is 30.5 Å². The van der Waals surface area contributed by atoms with E-state index in [1.807, 2.05) is 6.92 Å². The zero-order valence-corrected chi connectivity index (χ0v) is 13.4. The predicted molar refractivity (Wildman–Crippen MR) is 88.5 cm³/mol. The number of aromatic amines is 1. The Morgan fingerprint density at radius 1 is 1.36 bits per heavy atom. The first-order valence-electron chi connectivity index (χ1n) is 6.71. The molecular formula is C14H15N3O3S2. The van der Waals surface area contributed by atoms with E-state index in [0.29, 0.717) is 17.3 Å². The smallest absolute Gasteiger partial charge is 0.277 e. The molecule has 8 heteroatoms. The molecule has 1 aromatic carbocycles. The van der Waals surface area contributed by atoms with Gasteiger partial charge in [-0.1, -0.05) is 0 Å². The maximum atomic E-state index is 12.2. The monoisotopic (exact) mass is 337 g/mol. The first-order chi connectivity index (χ1) is 10.4. The Labute approximate surface area is 133 Å². The molecule has 0 radical (unpaired) electrons. The fourth-order valence-corrected chi connectivity index (χ4v) is 3.62. The Morgan fingerprint density at radius 3 is 2.91 bits per heavy atom. The molecule has 22 heavy (non-hydrogen) atoms. The number of aromatic nitrogens is 1. The number of hydrogen-bond acceptors (Lipinski definition) is 4. The van der Waals surface area contributed by atoms with Crippen LogP contribution in [0.1, 0.15) is 12.5 Å². The van der Waals surface area contributed by atoms with E-state index in [2.05, 4.69) is 15.0 Å². The van der Waals surface area contributed by atoms with Crippen molar-refractivity contribution in [3.05, 3.63) is 42.1 Å². The molecule has 2 aromatic rings. The maximum Gasteiger partial charge on any atom is 0.277 e. The summed E-state index contributed by atoms with van der Waals surface area (Å²) >= 11 is 5.07. The molecule has 1 atom stereocenters. The summed E-state index contributed by atoms with van der Waals surface area (Å²) in [6.07, 6.45) is 2.13. The van der Waals surface area contributed by atoms with Gasteiger partial charge in [0.25, 0.3) is 15.2 Å². The van der Waals surface area contributed by atoms with Crippen LogP contribution in [-0.4, -0.2) is 24.7 Å². The second-order valence-corrected chi connectivity index (χ2v) is 7.08. The molecule has 6 nitrogen and oxygen atoms in total. The summed E-state index contributed by atoms with van der Waals surface area (Å²) in [6, 6.07) is 8.40. The summed E-state index contributed by atoms with van der Waals surface area (Å²) in [4.78, 5) is 2.68. The molecule has 116 valence electrons. The van der Waals surface area contributed by atoms with Crippen molar-refractivity contribution in [2.45, 2.75) is 24.5 Å². The lowest BCUT2D eigenvalue weighted by Gasteiger charge is -2.11. The number of rotatable bonds is 3. The van der Waals surface area contributed by atoms with Crippen molar-refractivity contribution >= 4 is 38.8 Å². The molecule has 1 aliphatic rings. The van der Waals surface area contributed by atoms with Crippen molar-refractivity contribution in [2.24, 2.45) is 0 Å². The number of anilines is 2. The van der Waals surface area contributed by atoms with Gasteiger partial charge in [0.15, 0.2) is 5.03 Å². The van der Waals surface area contributed by atoms with Gasteiger partial charge in [0.1, 0.15) is 6.10 Å². The Balaban J connectivity index is 1.89. The maximum absolute atomic E-state index is 12.2. The van der Waals surface area contributed by atoms with Gasteiger partial charge in [0.05, 0.1) is 0 Å². The number of ether oxygens (including phenoxy) is 1. The molecule has 1 aliphatic heterocycles. The number of H-pyrrole nitrogens is 1. The lowest BCUT2D eigenvalue weighted by Crippen LogP contribution is -2.16. The standard InChI is InChI=1S/C14H15N3O3S2/c1-9-7-10-8-11(4-5-12(10)16-14(21)20-9)17-22(18,19)13-3-2-6-15-13/h2-6,8-9,15,17H,7H2,1H3,(H,16,21). The Kier molecular flexibility index (Phi) is 3.79. The van der Waals surface area contributed by atoms with Crippen LogP contribution in [0.4, 0.5) is 11.4 Å². The SMILES string of the molecule is CC1Cc2cc(NS(=O)(=O)c3ccc[nH]3)ccc2NC(=S)O1. The number of hydrogen-bond donors (Lipinski definition) is 3. The van der Waals surface area contributed by atoms with Crippen molar-refractivity contribution in [1.82, 2.24) is 4.98 Å². The predicted octanol–water partition coefficient (Wildman–Crippen LogP) is 2.47. The van der Waals surface area contributed by atoms with E-state index >= 15 is 0 Å². The third kappa shape index (κ3) is 3.07. The highest BCUT2D eigenvalue weighted by atomic mass is 32.2. The molecule has 3 N–H and O–H groups in total. The summed E-state index contributed by atoms with van der Waals surface area (Å²) in [5.41, 5.74) is 2.27. The highest BCUT2D eigenvalue weighted by Gasteiger charge is 2.19. The molecule has 0 fully saturated rings. The van der Waals surface area contributed by atoms with Crippen LogP contribution in [0.5, 0.6) is 0 Å². The van der Waals surface area contributed by atoms with Crippen LogP contribution in [0.15, 0.2) is 41.6 Å². The van der Waals surface area contributed by atoms with E-state index in [9.17, 15) is 8.42 Å². The lowest BCUT2D eigenvalue weighted by molar-refractivity contribution is 0.217. The first kappa shape index (κ1) is 14.9. The van der Waals surface area contributed by atoms with Crippen LogP contribution in [0, 0.1) is 0 Å². The van der Waals surface area contributed by atoms with Gasteiger partial charge in [0, 0.05) is 24.0 Å². The zero-order valence-electron chi connectivity index (χ0n) is 11.8. The number of benzene rings is 1. The minimum atomic E-state index is -3.61. The van der Waals surface area contributed by atoms with E-state index in [4.69, 9.17) is 17.0 Å².